The first-order valence-electron chi connectivity index (χ1n) is 8.32. The van der Waals surface area contributed by atoms with Crippen molar-refractivity contribution in [1.82, 2.24) is 0 Å². The number of Topliss-reactive ketones (excluding diaryl/α,β-unsaturated/α-hetero) is 2. The van der Waals surface area contributed by atoms with Gasteiger partial charge < -0.3 is 5.11 Å². The zero-order chi connectivity index (χ0) is 18.6. The summed E-state index contributed by atoms with van der Waals surface area (Å²) in [4.78, 5) is 25.0. The molecule has 0 bridgehead atoms. The van der Waals surface area contributed by atoms with Gasteiger partial charge in [0, 0.05) is 11.1 Å². The predicted molar refractivity (Wildman–Crippen MR) is 100 cm³/mol. The number of ketones is 2. The molecule has 0 radical (unpaired) electrons. The van der Waals surface area contributed by atoms with Gasteiger partial charge in [-0.1, -0.05) is 51.1 Å². The zero-order valence-corrected chi connectivity index (χ0v) is 15.0. The maximum atomic E-state index is 12.5. The van der Waals surface area contributed by atoms with Crippen molar-refractivity contribution < 1.29 is 14.7 Å². The predicted octanol–water partition coefficient (Wildman–Crippen LogP) is 4.87. The van der Waals surface area contributed by atoms with Crippen molar-refractivity contribution in [1.29, 1.82) is 0 Å². The van der Waals surface area contributed by atoms with Crippen LogP contribution in [0.4, 0.5) is 0 Å². The van der Waals surface area contributed by atoms with Gasteiger partial charge in [0.15, 0.2) is 11.6 Å². The molecule has 2 rings (SSSR count). The van der Waals surface area contributed by atoms with Crippen LogP contribution in [-0.2, 0) is 11.8 Å². The first-order valence-corrected chi connectivity index (χ1v) is 8.32. The molecule has 3 heteroatoms. The minimum Gasteiger partial charge on any atom is -0.508 e. The molecule has 0 unspecified atom stereocenters. The molecule has 2 aromatic carbocycles. The van der Waals surface area contributed by atoms with E-state index in [1.807, 2.05) is 12.1 Å². The van der Waals surface area contributed by atoms with Gasteiger partial charge in [-0.05, 0) is 41.2 Å². The van der Waals surface area contributed by atoms with E-state index < -0.39 is 0 Å². The van der Waals surface area contributed by atoms with Gasteiger partial charge in [0.05, 0.1) is 6.42 Å². The molecule has 0 amide bonds. The SMILES string of the molecule is C=CCc1cc(O)ccc1C(=O)CC(=O)c1ccc(C(C)(C)C)cc1. The van der Waals surface area contributed by atoms with Crippen molar-refractivity contribution >= 4 is 11.6 Å². The third kappa shape index (κ3) is 4.66. The van der Waals surface area contributed by atoms with Gasteiger partial charge in [-0.3, -0.25) is 9.59 Å². The molecule has 0 heterocycles. The molecule has 25 heavy (non-hydrogen) atoms. The van der Waals surface area contributed by atoms with E-state index in [9.17, 15) is 14.7 Å². The average Bonchev–Trinajstić information content (AvgIpc) is 2.54. The van der Waals surface area contributed by atoms with Gasteiger partial charge in [-0.15, -0.1) is 6.58 Å². The van der Waals surface area contributed by atoms with Crippen LogP contribution in [0, 0.1) is 0 Å². The van der Waals surface area contributed by atoms with Crippen LogP contribution in [0.15, 0.2) is 55.1 Å². The average molecular weight is 336 g/mol. The molecular weight excluding hydrogens is 312 g/mol. The molecule has 0 aliphatic heterocycles. The topological polar surface area (TPSA) is 54.4 Å². The maximum Gasteiger partial charge on any atom is 0.170 e. The Bertz CT molecular complexity index is 793. The summed E-state index contributed by atoms with van der Waals surface area (Å²) in [6.07, 6.45) is 1.94. The van der Waals surface area contributed by atoms with E-state index >= 15 is 0 Å². The smallest absolute Gasteiger partial charge is 0.170 e. The fourth-order valence-electron chi connectivity index (χ4n) is 2.68. The minimum absolute atomic E-state index is 0.0169. The lowest BCUT2D eigenvalue weighted by molar-refractivity contribution is 0.0894. The molecule has 0 aromatic heterocycles. The molecule has 0 aliphatic rings. The number of carbonyl (C=O) groups is 2. The van der Waals surface area contributed by atoms with Crippen molar-refractivity contribution in [3.8, 4) is 5.75 Å². The molecule has 0 fully saturated rings. The second-order valence-electron chi connectivity index (χ2n) is 7.18. The van der Waals surface area contributed by atoms with Crippen molar-refractivity contribution in [2.24, 2.45) is 0 Å². The molecule has 0 atom stereocenters. The van der Waals surface area contributed by atoms with Gasteiger partial charge in [0.1, 0.15) is 5.75 Å². The Kier molecular flexibility index (Phi) is 5.58. The van der Waals surface area contributed by atoms with Crippen LogP contribution in [0.3, 0.4) is 0 Å². The van der Waals surface area contributed by atoms with E-state index in [0.29, 0.717) is 23.1 Å². The zero-order valence-electron chi connectivity index (χ0n) is 15.0. The van der Waals surface area contributed by atoms with Crippen LogP contribution in [0.25, 0.3) is 0 Å². The van der Waals surface area contributed by atoms with Crippen molar-refractivity contribution in [2.75, 3.05) is 0 Å². The molecule has 3 nitrogen and oxygen atoms in total. The highest BCUT2D eigenvalue weighted by molar-refractivity contribution is 6.14. The van der Waals surface area contributed by atoms with Crippen LogP contribution >= 0.6 is 0 Å². The van der Waals surface area contributed by atoms with Crippen molar-refractivity contribution in [3.05, 3.63) is 77.4 Å². The maximum absolute atomic E-state index is 12.5. The Balaban J connectivity index is 2.18. The van der Waals surface area contributed by atoms with Gasteiger partial charge in [0.25, 0.3) is 0 Å². The highest BCUT2D eigenvalue weighted by atomic mass is 16.3. The van der Waals surface area contributed by atoms with Crippen LogP contribution in [0.2, 0.25) is 0 Å². The lowest BCUT2D eigenvalue weighted by atomic mass is 9.86. The fourth-order valence-corrected chi connectivity index (χ4v) is 2.68. The van der Waals surface area contributed by atoms with Crippen LogP contribution in [0.5, 0.6) is 5.75 Å². The summed E-state index contributed by atoms with van der Waals surface area (Å²) in [7, 11) is 0. The molecule has 130 valence electrons. The lowest BCUT2D eigenvalue weighted by Crippen LogP contribution is -2.13. The Labute approximate surface area is 149 Å². The summed E-state index contributed by atoms with van der Waals surface area (Å²) < 4.78 is 0. The summed E-state index contributed by atoms with van der Waals surface area (Å²) in [5.41, 5.74) is 2.82. The number of phenolic OH excluding ortho intramolecular Hbond substituents is 1. The summed E-state index contributed by atoms with van der Waals surface area (Å²) in [5.74, 6) is -0.359. The summed E-state index contributed by atoms with van der Waals surface area (Å²) in [5, 5.41) is 9.58. The van der Waals surface area contributed by atoms with Crippen molar-refractivity contribution in [2.45, 2.75) is 39.0 Å². The highest BCUT2D eigenvalue weighted by Gasteiger charge is 2.18. The standard InChI is InChI=1S/C22H24O3/c1-5-6-16-13-18(23)11-12-19(16)21(25)14-20(24)15-7-9-17(10-8-15)22(2,3)4/h5,7-13,23H,1,6,14H2,2-4H3. The van der Waals surface area contributed by atoms with Crippen LogP contribution in [0.1, 0.15) is 59.0 Å². The monoisotopic (exact) mass is 336 g/mol. The summed E-state index contributed by atoms with van der Waals surface area (Å²) in [6, 6.07) is 12.0. The fraction of sp³-hybridized carbons (Fsp3) is 0.273. The first-order chi connectivity index (χ1) is 11.7. The number of allylic oxidation sites excluding steroid dienone is 1. The molecule has 0 aliphatic carbocycles. The second kappa shape index (κ2) is 7.47. The van der Waals surface area contributed by atoms with Crippen LogP contribution in [-0.4, -0.2) is 16.7 Å². The lowest BCUT2D eigenvalue weighted by Gasteiger charge is -2.19. The largest absolute Gasteiger partial charge is 0.508 e. The number of phenols is 1. The van der Waals surface area contributed by atoms with Gasteiger partial charge >= 0.3 is 0 Å². The third-order valence-electron chi connectivity index (χ3n) is 4.15. The van der Waals surface area contributed by atoms with E-state index in [4.69, 9.17) is 0 Å². The summed E-state index contributed by atoms with van der Waals surface area (Å²) >= 11 is 0. The number of benzene rings is 2. The van der Waals surface area contributed by atoms with Crippen LogP contribution < -0.4 is 0 Å². The Morgan fingerprint density at radius 2 is 1.68 bits per heavy atom. The molecule has 2 aromatic rings. The number of hydrogen-bond donors (Lipinski definition) is 1. The summed E-state index contributed by atoms with van der Waals surface area (Å²) in [6.45, 7) is 9.99. The first kappa shape index (κ1) is 18.7. The number of rotatable bonds is 6. The number of aromatic hydroxyl groups is 1. The van der Waals surface area contributed by atoms with E-state index in [1.54, 1.807) is 24.3 Å². The quantitative estimate of drug-likeness (QED) is 0.465. The molecule has 0 saturated heterocycles. The van der Waals surface area contributed by atoms with E-state index in [2.05, 4.69) is 27.4 Å². The minimum atomic E-state index is -0.248. The van der Waals surface area contributed by atoms with Gasteiger partial charge in [-0.25, -0.2) is 0 Å². The van der Waals surface area contributed by atoms with Crippen molar-refractivity contribution in [3.63, 3.8) is 0 Å². The Hall–Kier alpha value is -2.68. The molecule has 0 spiro atoms. The van der Waals surface area contributed by atoms with E-state index in [-0.39, 0.29) is 29.2 Å². The highest BCUT2D eigenvalue weighted by Crippen LogP contribution is 2.23. The Morgan fingerprint density at radius 3 is 2.24 bits per heavy atom. The molecular formula is C22H24O3. The molecule has 0 saturated carbocycles. The third-order valence-corrected chi connectivity index (χ3v) is 4.15. The van der Waals surface area contributed by atoms with E-state index in [0.717, 1.165) is 5.56 Å². The van der Waals surface area contributed by atoms with Gasteiger partial charge in [-0.2, -0.15) is 0 Å². The number of hydrogen-bond acceptors (Lipinski definition) is 3. The Morgan fingerprint density at radius 1 is 1.04 bits per heavy atom. The molecule has 1 N–H and O–H groups in total. The second-order valence-corrected chi connectivity index (χ2v) is 7.18. The number of carbonyl (C=O) groups excluding carboxylic acids is 2. The van der Waals surface area contributed by atoms with Gasteiger partial charge in [0.2, 0.25) is 0 Å². The normalized spacial score (nSPS) is 11.2. The van der Waals surface area contributed by atoms with E-state index in [1.165, 1.54) is 12.1 Å².